The maximum atomic E-state index is 11.2. The Kier molecular flexibility index (Phi) is 10.7. The molecule has 2 heterocycles. The fourth-order valence-electron chi connectivity index (χ4n) is 4.01. The van der Waals surface area contributed by atoms with Gasteiger partial charge in [-0.3, -0.25) is 14.7 Å². The molecule has 2 rings (SSSR count). The van der Waals surface area contributed by atoms with E-state index in [9.17, 15) is 4.79 Å². The molecule has 0 bridgehead atoms. The standard InChI is InChI=1S/C18H35N5O.HI/c1-3-20-18(21-13-16-9-5-6-10-22(16)4-2)23-11-7-8-15(14-23)12-17(19)24;/h15-16H,3-14H2,1-2H3,(H2,19,24)(H,20,21);1H. The number of primary amides is 1. The lowest BCUT2D eigenvalue weighted by molar-refractivity contribution is -0.119. The first-order chi connectivity index (χ1) is 11.6. The number of piperidine rings is 2. The van der Waals surface area contributed by atoms with Crippen molar-refractivity contribution in [3.63, 3.8) is 0 Å². The summed E-state index contributed by atoms with van der Waals surface area (Å²) >= 11 is 0. The summed E-state index contributed by atoms with van der Waals surface area (Å²) in [6.07, 6.45) is 6.56. The van der Waals surface area contributed by atoms with Gasteiger partial charge in [-0.2, -0.15) is 0 Å². The predicted molar refractivity (Wildman–Crippen MR) is 114 cm³/mol. The fraction of sp³-hybridized carbons (Fsp3) is 0.889. The van der Waals surface area contributed by atoms with Crippen LogP contribution in [-0.2, 0) is 4.79 Å². The van der Waals surface area contributed by atoms with Gasteiger partial charge in [-0.05, 0) is 51.6 Å². The highest BCUT2D eigenvalue weighted by Gasteiger charge is 2.25. The van der Waals surface area contributed by atoms with Gasteiger partial charge in [0.2, 0.25) is 5.91 Å². The number of rotatable bonds is 6. The van der Waals surface area contributed by atoms with Crippen LogP contribution in [0.25, 0.3) is 0 Å². The molecule has 1 amide bonds. The number of amides is 1. The average Bonchev–Trinajstić information content (AvgIpc) is 2.58. The van der Waals surface area contributed by atoms with Gasteiger partial charge in [-0.1, -0.05) is 13.3 Å². The van der Waals surface area contributed by atoms with Crippen molar-refractivity contribution >= 4 is 35.8 Å². The molecule has 0 aromatic carbocycles. The van der Waals surface area contributed by atoms with Crippen molar-refractivity contribution in [2.75, 3.05) is 39.3 Å². The number of nitrogens with zero attached hydrogens (tertiary/aromatic N) is 3. The zero-order chi connectivity index (χ0) is 17.4. The van der Waals surface area contributed by atoms with Gasteiger partial charge in [-0.15, -0.1) is 24.0 Å². The Balaban J connectivity index is 0.00000312. The summed E-state index contributed by atoms with van der Waals surface area (Å²) in [5.74, 6) is 1.18. The summed E-state index contributed by atoms with van der Waals surface area (Å²) in [5.41, 5.74) is 5.38. The summed E-state index contributed by atoms with van der Waals surface area (Å²) in [7, 11) is 0. The third-order valence-electron chi connectivity index (χ3n) is 5.25. The maximum Gasteiger partial charge on any atom is 0.217 e. The van der Waals surface area contributed by atoms with E-state index in [0.29, 0.717) is 18.4 Å². The minimum Gasteiger partial charge on any atom is -0.370 e. The van der Waals surface area contributed by atoms with E-state index in [-0.39, 0.29) is 29.9 Å². The van der Waals surface area contributed by atoms with Gasteiger partial charge in [0.15, 0.2) is 5.96 Å². The highest BCUT2D eigenvalue weighted by atomic mass is 127. The summed E-state index contributed by atoms with van der Waals surface area (Å²) in [4.78, 5) is 21.0. The molecule has 2 atom stereocenters. The van der Waals surface area contributed by atoms with Crippen LogP contribution < -0.4 is 11.1 Å². The molecule has 0 radical (unpaired) electrons. The first-order valence-corrected chi connectivity index (χ1v) is 9.69. The van der Waals surface area contributed by atoms with E-state index in [1.165, 1.54) is 25.8 Å². The Hall–Kier alpha value is -0.570. The lowest BCUT2D eigenvalue weighted by atomic mass is 9.95. The van der Waals surface area contributed by atoms with Crippen molar-refractivity contribution in [1.29, 1.82) is 0 Å². The molecule has 0 aromatic rings. The molecule has 2 aliphatic rings. The van der Waals surface area contributed by atoms with Crippen LogP contribution in [-0.4, -0.2) is 67.0 Å². The monoisotopic (exact) mass is 465 g/mol. The lowest BCUT2D eigenvalue weighted by Gasteiger charge is -2.36. The number of hydrogen-bond acceptors (Lipinski definition) is 3. The van der Waals surface area contributed by atoms with Crippen molar-refractivity contribution in [3.8, 4) is 0 Å². The van der Waals surface area contributed by atoms with Crippen molar-refractivity contribution < 1.29 is 4.79 Å². The number of nitrogens with two attached hydrogens (primary N) is 1. The Morgan fingerprint density at radius 2 is 2.00 bits per heavy atom. The van der Waals surface area contributed by atoms with Crippen LogP contribution in [0.15, 0.2) is 4.99 Å². The molecule has 7 heteroatoms. The molecular formula is C18H36IN5O. The topological polar surface area (TPSA) is 74.0 Å². The van der Waals surface area contributed by atoms with Crippen LogP contribution in [0.5, 0.6) is 0 Å². The number of halogens is 1. The zero-order valence-electron chi connectivity index (χ0n) is 15.9. The van der Waals surface area contributed by atoms with E-state index in [1.54, 1.807) is 0 Å². The van der Waals surface area contributed by atoms with Crippen LogP contribution >= 0.6 is 24.0 Å². The smallest absolute Gasteiger partial charge is 0.217 e. The SMILES string of the molecule is CCNC(=NCC1CCCCN1CC)N1CCCC(CC(N)=O)C1.I. The van der Waals surface area contributed by atoms with Gasteiger partial charge in [0.25, 0.3) is 0 Å². The molecule has 146 valence electrons. The predicted octanol–water partition coefficient (Wildman–Crippen LogP) is 2.03. The van der Waals surface area contributed by atoms with Crippen LogP contribution in [0.2, 0.25) is 0 Å². The van der Waals surface area contributed by atoms with E-state index in [4.69, 9.17) is 10.7 Å². The Morgan fingerprint density at radius 1 is 1.20 bits per heavy atom. The van der Waals surface area contributed by atoms with Gasteiger partial charge in [0.05, 0.1) is 6.54 Å². The molecule has 2 unspecified atom stereocenters. The Labute approximate surface area is 170 Å². The van der Waals surface area contributed by atoms with Gasteiger partial charge in [0, 0.05) is 32.1 Å². The highest BCUT2D eigenvalue weighted by molar-refractivity contribution is 14.0. The number of likely N-dealkylation sites (N-methyl/N-ethyl adjacent to an activating group) is 1. The van der Waals surface area contributed by atoms with Crippen molar-refractivity contribution in [2.45, 2.75) is 58.4 Å². The number of likely N-dealkylation sites (tertiary alicyclic amines) is 2. The number of carbonyl (C=O) groups excluding carboxylic acids is 1. The van der Waals surface area contributed by atoms with Crippen molar-refractivity contribution in [3.05, 3.63) is 0 Å². The summed E-state index contributed by atoms with van der Waals surface area (Å²) in [5, 5.41) is 3.44. The van der Waals surface area contributed by atoms with Crippen molar-refractivity contribution in [1.82, 2.24) is 15.1 Å². The third kappa shape index (κ3) is 7.29. The van der Waals surface area contributed by atoms with E-state index in [1.807, 2.05) is 0 Å². The average molecular weight is 465 g/mol. The fourth-order valence-corrected chi connectivity index (χ4v) is 4.01. The number of hydrogen-bond donors (Lipinski definition) is 2. The molecule has 2 saturated heterocycles. The maximum absolute atomic E-state index is 11.2. The van der Waals surface area contributed by atoms with E-state index >= 15 is 0 Å². The summed E-state index contributed by atoms with van der Waals surface area (Å²) in [6.45, 7) is 10.3. The second-order valence-corrected chi connectivity index (χ2v) is 7.10. The quantitative estimate of drug-likeness (QED) is 0.358. The molecule has 6 nitrogen and oxygen atoms in total. The van der Waals surface area contributed by atoms with E-state index < -0.39 is 0 Å². The van der Waals surface area contributed by atoms with Gasteiger partial charge in [0.1, 0.15) is 0 Å². The first-order valence-electron chi connectivity index (χ1n) is 9.69. The largest absolute Gasteiger partial charge is 0.370 e. The van der Waals surface area contributed by atoms with Crippen LogP contribution in [0.3, 0.4) is 0 Å². The van der Waals surface area contributed by atoms with Gasteiger partial charge in [-0.25, -0.2) is 0 Å². The molecule has 0 aromatic heterocycles. The molecular weight excluding hydrogens is 429 g/mol. The third-order valence-corrected chi connectivity index (χ3v) is 5.25. The molecule has 25 heavy (non-hydrogen) atoms. The first kappa shape index (κ1) is 22.5. The number of guanidine groups is 1. The molecule has 2 aliphatic heterocycles. The normalized spacial score (nSPS) is 25.4. The second-order valence-electron chi connectivity index (χ2n) is 7.10. The molecule has 0 saturated carbocycles. The molecule has 2 fully saturated rings. The number of nitrogens with one attached hydrogen (secondary N) is 1. The van der Waals surface area contributed by atoms with E-state index in [0.717, 1.165) is 51.5 Å². The van der Waals surface area contributed by atoms with Gasteiger partial charge < -0.3 is 16.0 Å². The number of aliphatic imine (C=N–C) groups is 1. The van der Waals surface area contributed by atoms with Crippen LogP contribution in [0.4, 0.5) is 0 Å². The van der Waals surface area contributed by atoms with E-state index in [2.05, 4.69) is 29.0 Å². The van der Waals surface area contributed by atoms with Crippen LogP contribution in [0, 0.1) is 5.92 Å². The minimum absolute atomic E-state index is 0. The summed E-state index contributed by atoms with van der Waals surface area (Å²) < 4.78 is 0. The zero-order valence-corrected chi connectivity index (χ0v) is 18.2. The minimum atomic E-state index is -0.190. The molecule has 3 N–H and O–H groups in total. The van der Waals surface area contributed by atoms with Crippen molar-refractivity contribution in [2.24, 2.45) is 16.6 Å². The summed E-state index contributed by atoms with van der Waals surface area (Å²) in [6, 6.07) is 0.573. The Morgan fingerprint density at radius 3 is 2.68 bits per heavy atom. The number of carbonyl (C=O) groups is 1. The highest BCUT2D eigenvalue weighted by Crippen LogP contribution is 2.20. The molecule has 0 spiro atoms. The second kappa shape index (κ2) is 11.9. The molecule has 0 aliphatic carbocycles. The Bertz CT molecular complexity index is 432. The van der Waals surface area contributed by atoms with Crippen LogP contribution in [0.1, 0.15) is 52.4 Å². The lowest BCUT2D eigenvalue weighted by Crippen LogP contribution is -2.48. The van der Waals surface area contributed by atoms with Gasteiger partial charge >= 0.3 is 0 Å².